The second kappa shape index (κ2) is 22.5. The summed E-state index contributed by atoms with van der Waals surface area (Å²) >= 11 is 10.4. The number of nitrogens with one attached hydrogen (secondary N) is 4. The number of ether oxygens (including phenoxy) is 2. The van der Waals surface area contributed by atoms with Crippen LogP contribution in [0.3, 0.4) is 0 Å². The van der Waals surface area contributed by atoms with Crippen molar-refractivity contribution in [2.24, 2.45) is 0 Å². The van der Waals surface area contributed by atoms with E-state index in [4.69, 9.17) is 44.1 Å². The Bertz CT molecular complexity index is 345. The van der Waals surface area contributed by atoms with Gasteiger partial charge in [-0.3, -0.25) is 0 Å². The van der Waals surface area contributed by atoms with Crippen molar-refractivity contribution in [1.29, 1.82) is 0 Å². The highest BCUT2D eigenvalue weighted by Crippen LogP contribution is 2.04. The molecule has 0 atom stereocenters. The summed E-state index contributed by atoms with van der Waals surface area (Å²) in [6.45, 7) is 4.96. The van der Waals surface area contributed by atoms with Gasteiger partial charge in [-0.15, -0.1) is 0 Å². The molecule has 0 aliphatic rings. The lowest BCUT2D eigenvalue weighted by Crippen LogP contribution is -2.37. The van der Waals surface area contributed by atoms with Crippen LogP contribution in [0.2, 0.25) is 0 Å². The Balaban J connectivity index is 3.22. The molecule has 0 aromatic carbocycles. The number of thiocarbonyl (C=S) groups is 2. The fourth-order valence-corrected chi connectivity index (χ4v) is 2.70. The Kier molecular flexibility index (Phi) is 21.9. The van der Waals surface area contributed by atoms with Crippen LogP contribution in [0.1, 0.15) is 38.5 Å². The van der Waals surface area contributed by atoms with Gasteiger partial charge in [0, 0.05) is 26.2 Å². The third kappa shape index (κ3) is 21.5. The SMILES string of the molecule is OCCOCCNC(=S)NCCCCCCCCNC(=S)NCCOCCO. The molecule has 0 amide bonds. The van der Waals surface area contributed by atoms with E-state index >= 15 is 0 Å². The average Bonchev–Trinajstić information content (AvgIpc) is 2.69. The monoisotopic (exact) mass is 438 g/mol. The third-order valence-corrected chi connectivity index (χ3v) is 4.29. The minimum absolute atomic E-state index is 0.0480. The summed E-state index contributed by atoms with van der Waals surface area (Å²) in [7, 11) is 0. The van der Waals surface area contributed by atoms with Crippen LogP contribution in [0.15, 0.2) is 0 Å². The molecule has 0 unspecified atom stereocenters. The predicted octanol–water partition coefficient (Wildman–Crippen LogP) is 0.273. The maximum Gasteiger partial charge on any atom is 0.166 e. The van der Waals surface area contributed by atoms with Crippen molar-refractivity contribution < 1.29 is 19.7 Å². The molecule has 10 heteroatoms. The molecule has 0 radical (unpaired) electrons. The van der Waals surface area contributed by atoms with Crippen molar-refractivity contribution in [2.45, 2.75) is 38.5 Å². The smallest absolute Gasteiger partial charge is 0.166 e. The average molecular weight is 439 g/mol. The van der Waals surface area contributed by atoms with Crippen LogP contribution in [-0.4, -0.2) is 86.3 Å². The van der Waals surface area contributed by atoms with Crippen LogP contribution < -0.4 is 21.3 Å². The molecular formula is C18H38N4O4S2. The highest BCUT2D eigenvalue weighted by molar-refractivity contribution is 7.80. The van der Waals surface area contributed by atoms with E-state index in [0.717, 1.165) is 25.9 Å². The van der Waals surface area contributed by atoms with Crippen LogP contribution in [-0.2, 0) is 9.47 Å². The van der Waals surface area contributed by atoms with E-state index in [1.54, 1.807) is 0 Å². The highest BCUT2D eigenvalue weighted by atomic mass is 32.1. The second-order valence-corrected chi connectivity index (χ2v) is 6.98. The first-order chi connectivity index (χ1) is 13.7. The molecule has 28 heavy (non-hydrogen) atoms. The van der Waals surface area contributed by atoms with Crippen molar-refractivity contribution in [1.82, 2.24) is 21.3 Å². The number of unbranched alkanes of at least 4 members (excludes halogenated alkanes) is 5. The van der Waals surface area contributed by atoms with E-state index in [-0.39, 0.29) is 13.2 Å². The number of aliphatic hydroxyl groups is 2. The third-order valence-electron chi connectivity index (χ3n) is 3.71. The molecular weight excluding hydrogens is 400 g/mol. The quantitative estimate of drug-likeness (QED) is 0.124. The number of rotatable bonds is 19. The predicted molar refractivity (Wildman–Crippen MR) is 121 cm³/mol. The summed E-state index contributed by atoms with van der Waals surface area (Å²) in [5.41, 5.74) is 0. The van der Waals surface area contributed by atoms with E-state index in [9.17, 15) is 0 Å². The minimum atomic E-state index is 0.0480. The highest BCUT2D eigenvalue weighted by Gasteiger charge is 1.97. The maximum absolute atomic E-state index is 8.59. The summed E-state index contributed by atoms with van der Waals surface area (Å²) in [5.74, 6) is 0. The summed E-state index contributed by atoms with van der Waals surface area (Å²) < 4.78 is 10.3. The fraction of sp³-hybridized carbons (Fsp3) is 0.889. The maximum atomic E-state index is 8.59. The minimum Gasteiger partial charge on any atom is -0.394 e. The Morgan fingerprint density at radius 2 is 0.893 bits per heavy atom. The zero-order valence-electron chi connectivity index (χ0n) is 16.8. The lowest BCUT2D eigenvalue weighted by atomic mass is 10.1. The van der Waals surface area contributed by atoms with Gasteiger partial charge >= 0.3 is 0 Å². The van der Waals surface area contributed by atoms with E-state index in [1.807, 2.05) is 0 Å². The molecule has 6 N–H and O–H groups in total. The van der Waals surface area contributed by atoms with Gasteiger partial charge < -0.3 is 41.0 Å². The van der Waals surface area contributed by atoms with Crippen LogP contribution >= 0.6 is 24.4 Å². The Morgan fingerprint density at radius 3 is 1.29 bits per heavy atom. The van der Waals surface area contributed by atoms with Crippen LogP contribution in [0.5, 0.6) is 0 Å². The van der Waals surface area contributed by atoms with Gasteiger partial charge in [0.15, 0.2) is 10.2 Å². The zero-order valence-corrected chi connectivity index (χ0v) is 18.5. The summed E-state index contributed by atoms with van der Waals surface area (Å²) in [4.78, 5) is 0. The molecule has 0 aromatic heterocycles. The molecule has 0 heterocycles. The molecule has 0 saturated heterocycles. The number of hydrogen-bond acceptors (Lipinski definition) is 6. The molecule has 0 spiro atoms. The fourth-order valence-electron chi connectivity index (χ4n) is 2.29. The first-order valence-electron chi connectivity index (χ1n) is 10.1. The lowest BCUT2D eigenvalue weighted by molar-refractivity contribution is 0.0958. The molecule has 0 bridgehead atoms. The molecule has 0 aromatic rings. The Hall–Kier alpha value is -0.780. The number of hydrogen-bond donors (Lipinski definition) is 6. The normalized spacial score (nSPS) is 10.5. The molecule has 8 nitrogen and oxygen atoms in total. The first-order valence-corrected chi connectivity index (χ1v) is 10.9. The molecule has 0 fully saturated rings. The van der Waals surface area contributed by atoms with Crippen molar-refractivity contribution >= 4 is 34.7 Å². The van der Waals surface area contributed by atoms with Crippen molar-refractivity contribution in [3.05, 3.63) is 0 Å². The van der Waals surface area contributed by atoms with Gasteiger partial charge in [0.05, 0.1) is 39.6 Å². The van der Waals surface area contributed by atoms with Gasteiger partial charge in [-0.2, -0.15) is 0 Å². The first kappa shape index (κ1) is 27.2. The molecule has 0 rings (SSSR count). The second-order valence-electron chi connectivity index (χ2n) is 6.16. The zero-order chi connectivity index (χ0) is 20.7. The van der Waals surface area contributed by atoms with Crippen molar-refractivity contribution in [3.63, 3.8) is 0 Å². The standard InChI is InChI=1S/C18H38N4O4S2/c23-11-15-25-13-9-21-17(27)19-7-5-3-1-2-4-6-8-20-18(28)22-10-14-26-16-12-24/h23-24H,1-16H2,(H2,19,21,27)(H2,20,22,28). The Morgan fingerprint density at radius 1 is 0.536 bits per heavy atom. The summed E-state index contributed by atoms with van der Waals surface area (Å²) in [6.07, 6.45) is 7.04. The molecule has 0 aliphatic heterocycles. The van der Waals surface area contributed by atoms with E-state index in [0.29, 0.717) is 49.7 Å². The van der Waals surface area contributed by atoms with E-state index in [1.165, 1.54) is 25.7 Å². The van der Waals surface area contributed by atoms with Crippen LogP contribution in [0.4, 0.5) is 0 Å². The number of aliphatic hydroxyl groups excluding tert-OH is 2. The van der Waals surface area contributed by atoms with Gasteiger partial charge in [0.2, 0.25) is 0 Å². The molecule has 166 valence electrons. The Labute approximate surface area is 180 Å². The van der Waals surface area contributed by atoms with Crippen molar-refractivity contribution in [3.8, 4) is 0 Å². The molecule has 0 aliphatic carbocycles. The van der Waals surface area contributed by atoms with Gasteiger partial charge in [-0.1, -0.05) is 25.7 Å². The van der Waals surface area contributed by atoms with Gasteiger partial charge in [-0.05, 0) is 37.3 Å². The van der Waals surface area contributed by atoms with Crippen LogP contribution in [0, 0.1) is 0 Å². The molecule has 0 saturated carbocycles. The van der Waals surface area contributed by atoms with Crippen LogP contribution in [0.25, 0.3) is 0 Å². The van der Waals surface area contributed by atoms with Crippen molar-refractivity contribution in [2.75, 3.05) is 65.8 Å². The van der Waals surface area contributed by atoms with E-state index < -0.39 is 0 Å². The lowest BCUT2D eigenvalue weighted by Gasteiger charge is -2.11. The topological polar surface area (TPSA) is 107 Å². The largest absolute Gasteiger partial charge is 0.394 e. The van der Waals surface area contributed by atoms with Gasteiger partial charge in [-0.25, -0.2) is 0 Å². The van der Waals surface area contributed by atoms with Gasteiger partial charge in [0.25, 0.3) is 0 Å². The summed E-state index contributed by atoms with van der Waals surface area (Å²) in [5, 5.41) is 31.0. The van der Waals surface area contributed by atoms with E-state index in [2.05, 4.69) is 21.3 Å². The van der Waals surface area contributed by atoms with Gasteiger partial charge in [0.1, 0.15) is 0 Å². The summed E-state index contributed by atoms with van der Waals surface area (Å²) in [6, 6.07) is 0.